The smallest absolute Gasteiger partial charge is 0.231 e. The van der Waals surface area contributed by atoms with E-state index in [9.17, 15) is 0 Å². The van der Waals surface area contributed by atoms with E-state index in [1.807, 2.05) is 36.4 Å². The monoisotopic (exact) mass is 163 g/mol. The third-order valence-electron chi connectivity index (χ3n) is 0.667. The molecule has 4 heteroatoms. The minimum absolute atomic E-state index is 0.750. The largest absolute Gasteiger partial charge is 0.242 e. The number of isocyanates is 1. The van der Waals surface area contributed by atoms with Gasteiger partial charge in [-0.1, -0.05) is 36.4 Å². The van der Waals surface area contributed by atoms with Crippen molar-refractivity contribution in [2.24, 2.45) is 0 Å². The lowest BCUT2D eigenvalue weighted by atomic mass is 10.4. The molecule has 1 aromatic rings. The van der Waals surface area contributed by atoms with Crippen molar-refractivity contribution in [3.05, 3.63) is 36.4 Å². The fourth-order valence-corrected chi connectivity index (χ4v) is 0.385. The van der Waals surface area contributed by atoms with Gasteiger partial charge in [0.25, 0.3) is 0 Å². The highest BCUT2D eigenvalue weighted by Gasteiger charge is 1.57. The molecule has 0 unspecified atom stereocenters. The van der Waals surface area contributed by atoms with Crippen LogP contribution in [0.1, 0.15) is 0 Å². The molecule has 0 aromatic heterocycles. The first-order valence-electron chi connectivity index (χ1n) is 2.95. The fourth-order valence-electron chi connectivity index (χ4n) is 0.385. The maximum absolute atomic E-state index is 8.35. The minimum atomic E-state index is 0.750. The van der Waals surface area contributed by atoms with Crippen molar-refractivity contribution in [1.29, 1.82) is 16.2 Å². The second-order valence-electron chi connectivity index (χ2n) is 1.38. The van der Waals surface area contributed by atoms with Crippen LogP contribution < -0.4 is 0 Å². The molecule has 4 nitrogen and oxygen atoms in total. The SMILES string of the molecule is N=C=N.N=C=O.c1ccccc1. The Kier molecular flexibility index (Phi) is 16.8. The number of hydrogen-bond donors (Lipinski definition) is 3. The van der Waals surface area contributed by atoms with Gasteiger partial charge in [0.1, 0.15) is 0 Å². The van der Waals surface area contributed by atoms with Crippen LogP contribution >= 0.6 is 0 Å². The molecule has 1 aromatic carbocycles. The Labute approximate surface area is 70.4 Å². The molecule has 0 saturated heterocycles. The molecule has 0 aliphatic heterocycles. The summed E-state index contributed by atoms with van der Waals surface area (Å²) in [4.78, 5) is 8.35. The van der Waals surface area contributed by atoms with Crippen molar-refractivity contribution in [1.82, 2.24) is 0 Å². The quantitative estimate of drug-likeness (QED) is 0.395. The van der Waals surface area contributed by atoms with Crippen LogP contribution in [-0.4, -0.2) is 12.1 Å². The Hall–Kier alpha value is -2.02. The highest BCUT2D eigenvalue weighted by atomic mass is 16.1. The Morgan fingerprint density at radius 2 is 0.833 bits per heavy atom. The third-order valence-corrected chi connectivity index (χ3v) is 0.667. The maximum Gasteiger partial charge on any atom is 0.231 e. The van der Waals surface area contributed by atoms with Crippen LogP contribution in [0.4, 0.5) is 0 Å². The molecule has 0 atom stereocenters. The van der Waals surface area contributed by atoms with Gasteiger partial charge < -0.3 is 0 Å². The molecule has 62 valence electrons. The van der Waals surface area contributed by atoms with E-state index in [2.05, 4.69) is 0 Å². The van der Waals surface area contributed by atoms with Crippen LogP contribution in [0, 0.1) is 16.2 Å². The molecule has 0 amide bonds. The average molecular weight is 163 g/mol. The van der Waals surface area contributed by atoms with Crippen molar-refractivity contribution in [3.63, 3.8) is 0 Å². The fraction of sp³-hybridized carbons (Fsp3) is 0. The molecule has 3 N–H and O–H groups in total. The van der Waals surface area contributed by atoms with E-state index in [4.69, 9.17) is 21.0 Å². The first-order chi connectivity index (χ1) is 5.83. The molecule has 1 rings (SSSR count). The summed E-state index contributed by atoms with van der Waals surface area (Å²) >= 11 is 0. The molecular weight excluding hydrogens is 154 g/mol. The van der Waals surface area contributed by atoms with Gasteiger partial charge in [0.15, 0.2) is 0 Å². The van der Waals surface area contributed by atoms with Crippen LogP contribution in [0.15, 0.2) is 36.4 Å². The first kappa shape index (κ1) is 12.6. The lowest BCUT2D eigenvalue weighted by Crippen LogP contribution is -1.47. The van der Waals surface area contributed by atoms with E-state index < -0.39 is 0 Å². The highest BCUT2D eigenvalue weighted by Crippen LogP contribution is 1.79. The predicted molar refractivity (Wildman–Crippen MR) is 45.3 cm³/mol. The molecule has 0 radical (unpaired) electrons. The van der Waals surface area contributed by atoms with Gasteiger partial charge in [-0.15, -0.1) is 0 Å². The van der Waals surface area contributed by atoms with Crippen molar-refractivity contribution in [2.45, 2.75) is 0 Å². The van der Waals surface area contributed by atoms with Crippen LogP contribution in [-0.2, 0) is 4.79 Å². The second-order valence-corrected chi connectivity index (χ2v) is 1.38. The summed E-state index contributed by atoms with van der Waals surface area (Å²) in [5.74, 6) is 0. The first-order valence-corrected chi connectivity index (χ1v) is 2.95. The summed E-state index contributed by atoms with van der Waals surface area (Å²) in [5, 5.41) is 16.7. The molecule has 0 aliphatic rings. The molecule has 0 bridgehead atoms. The number of rotatable bonds is 0. The van der Waals surface area contributed by atoms with E-state index in [1.165, 1.54) is 6.01 Å². The summed E-state index contributed by atoms with van der Waals surface area (Å²) < 4.78 is 0. The summed E-state index contributed by atoms with van der Waals surface area (Å²) in [5.41, 5.74) is 0. The van der Waals surface area contributed by atoms with Crippen molar-refractivity contribution in [3.8, 4) is 0 Å². The van der Waals surface area contributed by atoms with Gasteiger partial charge in [0.2, 0.25) is 6.08 Å². The standard InChI is InChI=1S/C6H6.CH2N2.CHNO/c1-2-4-6-5-3-1;2*2-1-3/h1-6H;2-3H;2H. The zero-order valence-corrected chi connectivity index (χ0v) is 6.37. The topological polar surface area (TPSA) is 88.6 Å². The third kappa shape index (κ3) is 24.5. The average Bonchev–Trinajstić information content (AvgIpc) is 2.10. The number of hydrogen-bond acceptors (Lipinski definition) is 4. The highest BCUT2D eigenvalue weighted by molar-refractivity contribution is 5.29. The Morgan fingerprint density at radius 3 is 0.917 bits per heavy atom. The van der Waals surface area contributed by atoms with Gasteiger partial charge in [-0.2, -0.15) is 0 Å². The zero-order chi connectivity index (χ0) is 9.66. The van der Waals surface area contributed by atoms with E-state index in [0.717, 1.165) is 6.08 Å². The minimum Gasteiger partial charge on any atom is -0.242 e. The molecule has 0 saturated carbocycles. The molecule has 0 fully saturated rings. The molecule has 0 aliphatic carbocycles. The lowest BCUT2D eigenvalue weighted by Gasteiger charge is -1.69. The van der Waals surface area contributed by atoms with Crippen LogP contribution in [0.3, 0.4) is 0 Å². The van der Waals surface area contributed by atoms with E-state index in [-0.39, 0.29) is 0 Å². The van der Waals surface area contributed by atoms with E-state index >= 15 is 0 Å². The summed E-state index contributed by atoms with van der Waals surface area (Å²) in [6.07, 6.45) is 0.750. The summed E-state index contributed by atoms with van der Waals surface area (Å²) in [6.45, 7) is 0. The van der Waals surface area contributed by atoms with Gasteiger partial charge in [-0.25, -0.2) is 21.0 Å². The van der Waals surface area contributed by atoms with E-state index in [1.54, 1.807) is 0 Å². The Bertz CT molecular complexity index is 195. The maximum atomic E-state index is 8.35. The molecular formula is C8H9N3O. The Morgan fingerprint density at radius 1 is 0.750 bits per heavy atom. The van der Waals surface area contributed by atoms with Crippen LogP contribution in [0.25, 0.3) is 0 Å². The molecule has 12 heavy (non-hydrogen) atoms. The van der Waals surface area contributed by atoms with Gasteiger partial charge >= 0.3 is 0 Å². The van der Waals surface area contributed by atoms with Crippen LogP contribution in [0.5, 0.6) is 0 Å². The van der Waals surface area contributed by atoms with Gasteiger partial charge in [-0.05, 0) is 0 Å². The van der Waals surface area contributed by atoms with Gasteiger partial charge in [-0.3, -0.25) is 0 Å². The molecule has 0 spiro atoms. The lowest BCUT2D eigenvalue weighted by molar-refractivity contribution is 0.563. The zero-order valence-electron chi connectivity index (χ0n) is 6.37. The normalized spacial score (nSPS) is 5.33. The van der Waals surface area contributed by atoms with E-state index in [0.29, 0.717) is 0 Å². The van der Waals surface area contributed by atoms with Gasteiger partial charge in [0, 0.05) is 0 Å². The van der Waals surface area contributed by atoms with Crippen LogP contribution in [0.2, 0.25) is 0 Å². The number of carbonyl (C=O) groups excluding carboxylic acids is 1. The van der Waals surface area contributed by atoms with Crippen molar-refractivity contribution < 1.29 is 4.79 Å². The predicted octanol–water partition coefficient (Wildman–Crippen LogP) is 1.91. The van der Waals surface area contributed by atoms with Crippen molar-refractivity contribution in [2.75, 3.05) is 0 Å². The van der Waals surface area contributed by atoms with Gasteiger partial charge in [0.05, 0.1) is 6.01 Å². The number of nitrogens with one attached hydrogen (secondary N) is 3. The van der Waals surface area contributed by atoms with Crippen molar-refractivity contribution >= 4 is 12.1 Å². The summed E-state index contributed by atoms with van der Waals surface area (Å²) in [7, 11) is 0. The number of benzene rings is 1. The summed E-state index contributed by atoms with van der Waals surface area (Å²) in [6, 6.07) is 13.2. The second kappa shape index (κ2) is 16.0. The molecule has 0 heterocycles. The Balaban J connectivity index is 0.